The number of hydrogen-bond donors (Lipinski definition) is 0. The van der Waals surface area contributed by atoms with Crippen LogP contribution >= 0.6 is 0 Å². The maximum Gasteiger partial charge on any atom is 0.269 e. The Morgan fingerprint density at radius 2 is 1.45 bits per heavy atom. The second-order valence-electron chi connectivity index (χ2n) is 6.73. The summed E-state index contributed by atoms with van der Waals surface area (Å²) in [5, 5.41) is 31.1. The number of nitriles is 2. The summed E-state index contributed by atoms with van der Waals surface area (Å²) in [4.78, 5) is 10.4. The monoisotopic (exact) mass is 429 g/mol. The van der Waals surface area contributed by atoms with E-state index in [2.05, 4.69) is 12.1 Å². The predicted octanol–water partition coefficient (Wildman–Crippen LogP) is 3.81. The van der Waals surface area contributed by atoms with Crippen LogP contribution in [-0.4, -0.2) is 42.9 Å². The van der Waals surface area contributed by atoms with Gasteiger partial charge in [0.1, 0.15) is 0 Å². The van der Waals surface area contributed by atoms with Gasteiger partial charge in [-0.2, -0.15) is 10.5 Å². The van der Waals surface area contributed by atoms with Gasteiger partial charge in [0, 0.05) is 38.6 Å². The zero-order valence-electron chi connectivity index (χ0n) is 18.2. The van der Waals surface area contributed by atoms with Crippen LogP contribution in [0.25, 0.3) is 6.08 Å². The number of benzene rings is 1. The van der Waals surface area contributed by atoms with Gasteiger partial charge >= 0.3 is 0 Å². The molecule has 0 radical (unpaired) electrons. The molecule has 166 valence electrons. The minimum Gasteiger partial charge on any atom is -0.345 e. The lowest BCUT2D eigenvalue weighted by Crippen LogP contribution is -2.84. The average molecular weight is 429 g/mol. The molecule has 0 unspecified atom stereocenters. The average Bonchev–Trinajstić information content (AvgIpc) is 2.76. The van der Waals surface area contributed by atoms with Crippen LogP contribution in [0.15, 0.2) is 30.3 Å². The molecule has 1 aliphatic rings. The highest BCUT2D eigenvalue weighted by Crippen LogP contribution is 2.66. The fraction of sp³-hybridized carbons (Fsp3) is 0.545. The number of nitro benzene ring substituents is 1. The lowest BCUT2D eigenvalue weighted by Gasteiger charge is -2.65. The number of hydrogen-bond acceptors (Lipinski definition) is 8. The van der Waals surface area contributed by atoms with Crippen LogP contribution in [-0.2, 0) is 18.9 Å². The van der Waals surface area contributed by atoms with E-state index in [0.717, 1.165) is 0 Å². The standard InChI is InChI=1S/C22H27N3O6/c1-5-28-21(29-6-2)19(14-11-17-9-12-18(13-10-17)25(26)27)20(15-23,16-24)22(21,30-7-3)31-8-4/h9-14,19H,5-8H2,1-4H3/b14-11-/t19-/m1/s1. The first-order valence-electron chi connectivity index (χ1n) is 10.2. The van der Waals surface area contributed by atoms with Crippen LogP contribution in [0, 0.1) is 44.1 Å². The van der Waals surface area contributed by atoms with Gasteiger partial charge in [-0.1, -0.05) is 12.2 Å². The number of non-ortho nitro benzene ring substituents is 1. The van der Waals surface area contributed by atoms with Crippen molar-refractivity contribution in [2.24, 2.45) is 11.3 Å². The van der Waals surface area contributed by atoms with E-state index >= 15 is 0 Å². The fourth-order valence-electron chi connectivity index (χ4n) is 4.11. The molecule has 2 rings (SSSR count). The summed E-state index contributed by atoms with van der Waals surface area (Å²) in [6.45, 7) is 7.84. The molecule has 1 aromatic carbocycles. The Balaban J connectivity index is 2.61. The van der Waals surface area contributed by atoms with Crippen molar-refractivity contribution < 1.29 is 23.9 Å². The van der Waals surface area contributed by atoms with Crippen molar-refractivity contribution in [1.82, 2.24) is 0 Å². The third kappa shape index (κ3) is 3.71. The van der Waals surface area contributed by atoms with Gasteiger partial charge in [-0.3, -0.25) is 10.1 Å². The summed E-state index contributed by atoms with van der Waals surface area (Å²) in [6, 6.07) is 10.1. The summed E-state index contributed by atoms with van der Waals surface area (Å²) in [5.41, 5.74) is -1.11. The van der Waals surface area contributed by atoms with E-state index in [1.807, 2.05) is 0 Å². The second-order valence-corrected chi connectivity index (χ2v) is 6.73. The highest BCUT2D eigenvalue weighted by atomic mass is 16.8. The Morgan fingerprint density at radius 1 is 0.968 bits per heavy atom. The molecule has 1 saturated carbocycles. The third-order valence-electron chi connectivity index (χ3n) is 5.20. The summed E-state index contributed by atoms with van der Waals surface area (Å²) in [6.07, 6.45) is 3.32. The Labute approximate surface area is 181 Å². The molecule has 0 bridgehead atoms. The third-order valence-corrected chi connectivity index (χ3v) is 5.20. The van der Waals surface area contributed by atoms with Gasteiger partial charge in [0.25, 0.3) is 11.5 Å². The van der Waals surface area contributed by atoms with Crippen molar-refractivity contribution in [1.29, 1.82) is 10.5 Å². The molecule has 0 aromatic heterocycles. The second kappa shape index (κ2) is 9.99. The van der Waals surface area contributed by atoms with E-state index in [4.69, 9.17) is 18.9 Å². The van der Waals surface area contributed by atoms with Gasteiger partial charge < -0.3 is 18.9 Å². The molecule has 0 heterocycles. The van der Waals surface area contributed by atoms with Gasteiger partial charge in [-0.25, -0.2) is 0 Å². The van der Waals surface area contributed by atoms with Crippen LogP contribution in [0.4, 0.5) is 5.69 Å². The predicted molar refractivity (Wildman–Crippen MR) is 111 cm³/mol. The van der Waals surface area contributed by atoms with Crippen LogP contribution in [0.2, 0.25) is 0 Å². The van der Waals surface area contributed by atoms with E-state index in [1.165, 1.54) is 12.1 Å². The van der Waals surface area contributed by atoms with Gasteiger partial charge in [0.05, 0.1) is 23.0 Å². The lowest BCUT2D eigenvalue weighted by atomic mass is 9.51. The Bertz CT molecular complexity index is 858. The minimum absolute atomic E-state index is 0.0334. The molecular formula is C22H27N3O6. The van der Waals surface area contributed by atoms with Crippen molar-refractivity contribution in [3.8, 4) is 12.1 Å². The lowest BCUT2D eigenvalue weighted by molar-refractivity contribution is -0.505. The molecule has 1 aromatic rings. The first kappa shape index (κ1) is 24.4. The van der Waals surface area contributed by atoms with Crippen molar-refractivity contribution in [2.45, 2.75) is 39.3 Å². The Morgan fingerprint density at radius 3 is 1.84 bits per heavy atom. The number of nitrogens with zero attached hydrogens (tertiary/aromatic N) is 3. The van der Waals surface area contributed by atoms with E-state index in [0.29, 0.717) is 5.56 Å². The summed E-state index contributed by atoms with van der Waals surface area (Å²) in [7, 11) is 0. The van der Waals surface area contributed by atoms with Gasteiger partial charge in [0.15, 0.2) is 0 Å². The molecule has 9 heteroatoms. The van der Waals surface area contributed by atoms with Crippen LogP contribution in [0.3, 0.4) is 0 Å². The zero-order valence-corrected chi connectivity index (χ0v) is 18.2. The first-order valence-corrected chi connectivity index (χ1v) is 10.2. The Hall–Kier alpha value is -2.82. The zero-order chi connectivity index (χ0) is 23.1. The normalized spacial score (nSPS) is 20.5. The molecule has 0 aliphatic heterocycles. The summed E-state index contributed by atoms with van der Waals surface area (Å²) in [5.74, 6) is -4.11. The molecule has 1 atom stereocenters. The molecule has 0 saturated heterocycles. The van der Waals surface area contributed by atoms with Gasteiger partial charge in [-0.15, -0.1) is 0 Å². The molecule has 1 aliphatic carbocycles. The van der Waals surface area contributed by atoms with Crippen LogP contribution < -0.4 is 0 Å². The molecular weight excluding hydrogens is 402 g/mol. The number of nitro groups is 1. The van der Waals surface area contributed by atoms with Crippen LogP contribution in [0.5, 0.6) is 0 Å². The van der Waals surface area contributed by atoms with E-state index in [-0.39, 0.29) is 32.1 Å². The highest BCUT2D eigenvalue weighted by molar-refractivity contribution is 5.54. The molecule has 1 fully saturated rings. The SMILES string of the molecule is CCOC1(OCC)[C@H](/C=C\c2ccc([N+](=O)[O-])cc2)C(C#N)(C#N)C1(OCC)OCC. The van der Waals surface area contributed by atoms with Crippen molar-refractivity contribution in [3.63, 3.8) is 0 Å². The Kier molecular flexibility index (Phi) is 7.88. The molecule has 31 heavy (non-hydrogen) atoms. The summed E-state index contributed by atoms with van der Waals surface area (Å²) >= 11 is 0. The highest BCUT2D eigenvalue weighted by Gasteiger charge is 2.86. The van der Waals surface area contributed by atoms with Crippen molar-refractivity contribution in [3.05, 3.63) is 46.0 Å². The van der Waals surface area contributed by atoms with Gasteiger partial charge in [0.2, 0.25) is 11.2 Å². The van der Waals surface area contributed by atoms with Gasteiger partial charge in [-0.05, 0) is 45.4 Å². The number of ether oxygens (including phenoxy) is 4. The topological polar surface area (TPSA) is 128 Å². The number of rotatable bonds is 11. The van der Waals surface area contributed by atoms with Crippen LogP contribution in [0.1, 0.15) is 33.3 Å². The molecule has 0 spiro atoms. The van der Waals surface area contributed by atoms with E-state index < -0.39 is 27.8 Å². The van der Waals surface area contributed by atoms with Crippen molar-refractivity contribution >= 4 is 11.8 Å². The summed E-state index contributed by atoms with van der Waals surface area (Å²) < 4.78 is 23.9. The molecule has 9 nitrogen and oxygen atoms in total. The van der Waals surface area contributed by atoms with Crippen molar-refractivity contribution in [2.75, 3.05) is 26.4 Å². The maximum atomic E-state index is 10.9. The minimum atomic E-state index is -1.75. The quantitative estimate of drug-likeness (QED) is 0.295. The first-order chi connectivity index (χ1) is 14.9. The van der Waals surface area contributed by atoms with E-state index in [9.17, 15) is 20.6 Å². The largest absolute Gasteiger partial charge is 0.345 e. The maximum absolute atomic E-state index is 10.9. The fourth-order valence-corrected chi connectivity index (χ4v) is 4.11. The van der Waals surface area contributed by atoms with E-state index in [1.54, 1.807) is 52.0 Å². The molecule has 0 N–H and O–H groups in total. The smallest absolute Gasteiger partial charge is 0.269 e. The molecule has 0 amide bonds.